The van der Waals surface area contributed by atoms with Crippen LogP contribution in [0.5, 0.6) is 11.5 Å². The highest BCUT2D eigenvalue weighted by molar-refractivity contribution is 9.10. The summed E-state index contributed by atoms with van der Waals surface area (Å²) in [5, 5.41) is 4.94. The second kappa shape index (κ2) is 9.87. The molecule has 0 fully saturated rings. The highest BCUT2D eigenvalue weighted by Gasteiger charge is 2.16. The summed E-state index contributed by atoms with van der Waals surface area (Å²) in [5.41, 5.74) is 1.09. The summed E-state index contributed by atoms with van der Waals surface area (Å²) in [4.78, 5) is 29.2. The van der Waals surface area contributed by atoms with Gasteiger partial charge in [-0.1, -0.05) is 29.8 Å². The van der Waals surface area contributed by atoms with E-state index in [4.69, 9.17) is 14.5 Å². The monoisotopic (exact) mass is 485 g/mol. The van der Waals surface area contributed by atoms with E-state index in [2.05, 4.69) is 21.0 Å². The summed E-state index contributed by atoms with van der Waals surface area (Å²) >= 11 is 3.41. The molecule has 0 bridgehead atoms. The van der Waals surface area contributed by atoms with Crippen molar-refractivity contribution in [2.75, 3.05) is 6.61 Å². The van der Waals surface area contributed by atoms with Gasteiger partial charge in [0.2, 0.25) is 0 Å². The van der Waals surface area contributed by atoms with Gasteiger partial charge in [-0.05, 0) is 55.3 Å². The van der Waals surface area contributed by atoms with Crippen LogP contribution in [0.1, 0.15) is 51.4 Å². The summed E-state index contributed by atoms with van der Waals surface area (Å²) in [6.45, 7) is 7.64. The lowest BCUT2D eigenvalue weighted by molar-refractivity contribution is -0.132. The second-order valence-corrected chi connectivity index (χ2v) is 7.95. The predicted molar refractivity (Wildman–Crippen MR) is 124 cm³/mol. The molecule has 2 aromatic carbocycles. The Balaban J connectivity index is 2.09. The van der Waals surface area contributed by atoms with Gasteiger partial charge < -0.3 is 9.47 Å². The molecule has 3 rings (SSSR count). The van der Waals surface area contributed by atoms with E-state index >= 15 is 0 Å². The second-order valence-electron chi connectivity index (χ2n) is 7.04. The minimum Gasteiger partial charge on any atom is -0.490 e. The number of halogens is 1. The average molecular weight is 486 g/mol. The Morgan fingerprint density at radius 3 is 2.68 bits per heavy atom. The van der Waals surface area contributed by atoms with E-state index in [1.54, 1.807) is 30.5 Å². The fourth-order valence-electron chi connectivity index (χ4n) is 3.02. The summed E-state index contributed by atoms with van der Waals surface area (Å²) in [6.07, 6.45) is 2.38. The number of fused-ring (bicyclic) bond motifs is 1. The van der Waals surface area contributed by atoms with Gasteiger partial charge in [-0.15, -0.1) is 0 Å². The molecule has 0 saturated heterocycles. The Morgan fingerprint density at radius 2 is 2.00 bits per heavy atom. The smallest absolute Gasteiger partial charge is 0.308 e. The van der Waals surface area contributed by atoms with Gasteiger partial charge in [-0.3, -0.25) is 9.59 Å². The van der Waals surface area contributed by atoms with Crippen LogP contribution in [0.25, 0.3) is 10.9 Å². The highest BCUT2D eigenvalue weighted by Crippen LogP contribution is 2.28. The number of rotatable bonds is 7. The van der Waals surface area contributed by atoms with Gasteiger partial charge in [-0.25, -0.2) is 4.98 Å². The third-order valence-corrected chi connectivity index (χ3v) is 5.22. The van der Waals surface area contributed by atoms with E-state index in [1.165, 1.54) is 11.6 Å². The minimum atomic E-state index is -0.430. The third-order valence-electron chi connectivity index (χ3n) is 4.73. The number of hydrogen-bond acceptors (Lipinski definition) is 6. The van der Waals surface area contributed by atoms with Crippen LogP contribution in [0.2, 0.25) is 0 Å². The van der Waals surface area contributed by atoms with Crippen molar-refractivity contribution in [3.05, 3.63) is 62.6 Å². The van der Waals surface area contributed by atoms with Crippen LogP contribution in [-0.2, 0) is 4.79 Å². The van der Waals surface area contributed by atoms with Gasteiger partial charge >= 0.3 is 5.97 Å². The van der Waals surface area contributed by atoms with Crippen molar-refractivity contribution in [2.24, 2.45) is 5.10 Å². The lowest BCUT2D eigenvalue weighted by Gasteiger charge is -2.14. The van der Waals surface area contributed by atoms with E-state index < -0.39 is 5.97 Å². The van der Waals surface area contributed by atoms with Crippen molar-refractivity contribution in [3.8, 4) is 11.5 Å². The van der Waals surface area contributed by atoms with Crippen molar-refractivity contribution >= 4 is 39.0 Å². The van der Waals surface area contributed by atoms with Crippen LogP contribution in [0.4, 0.5) is 0 Å². The molecule has 31 heavy (non-hydrogen) atoms. The maximum Gasteiger partial charge on any atom is 0.308 e. The molecule has 3 aromatic rings. The first-order valence-corrected chi connectivity index (χ1v) is 10.8. The van der Waals surface area contributed by atoms with Gasteiger partial charge in [0.25, 0.3) is 5.56 Å². The topological polar surface area (TPSA) is 82.8 Å². The zero-order valence-electron chi connectivity index (χ0n) is 17.9. The zero-order chi connectivity index (χ0) is 22.5. The number of benzene rings is 2. The molecule has 1 atom stereocenters. The van der Waals surface area contributed by atoms with E-state index in [0.29, 0.717) is 40.4 Å². The fraction of sp³-hybridized carbons (Fsp3) is 0.304. The Hall–Kier alpha value is -3.00. The molecule has 1 aromatic heterocycles. The third kappa shape index (κ3) is 5.19. The van der Waals surface area contributed by atoms with Crippen LogP contribution in [0.3, 0.4) is 0 Å². The van der Waals surface area contributed by atoms with Gasteiger partial charge in [0, 0.05) is 17.3 Å². The highest BCUT2D eigenvalue weighted by atomic mass is 79.9. The maximum atomic E-state index is 13.2. The fourth-order valence-corrected chi connectivity index (χ4v) is 3.38. The Labute approximate surface area is 188 Å². The molecule has 0 unspecified atom stereocenters. The molecule has 0 aliphatic rings. The minimum absolute atomic E-state index is 0.0447. The normalized spacial score (nSPS) is 12.3. The summed E-state index contributed by atoms with van der Waals surface area (Å²) in [7, 11) is 0. The molecular weight excluding hydrogens is 462 g/mol. The number of aromatic nitrogens is 2. The Morgan fingerprint density at radius 1 is 1.23 bits per heavy atom. The molecule has 0 amide bonds. The first-order valence-electron chi connectivity index (χ1n) is 10.1. The number of carbonyl (C=O) groups is 1. The molecule has 8 heteroatoms. The van der Waals surface area contributed by atoms with Crippen molar-refractivity contribution in [1.29, 1.82) is 0 Å². The van der Waals surface area contributed by atoms with Crippen molar-refractivity contribution < 1.29 is 14.3 Å². The molecule has 1 heterocycles. The van der Waals surface area contributed by atoms with Crippen LogP contribution < -0.4 is 15.0 Å². The molecule has 0 aliphatic carbocycles. The molecule has 0 radical (unpaired) electrons. The Kier molecular flexibility index (Phi) is 7.22. The molecule has 162 valence electrons. The lowest BCUT2D eigenvalue weighted by Crippen LogP contribution is -2.23. The Bertz CT molecular complexity index is 1200. The zero-order valence-corrected chi connectivity index (χ0v) is 19.5. The predicted octanol–water partition coefficient (Wildman–Crippen LogP) is 4.88. The molecule has 0 saturated carbocycles. The average Bonchev–Trinajstić information content (AvgIpc) is 2.74. The number of esters is 1. The standard InChI is InChI=1S/C23H24BrN3O4/c1-5-14(3)22-26-19-9-8-17(24)12-18(19)23(29)27(22)25-13-16-7-10-20(31-15(4)28)21(11-16)30-6-2/h7-14H,5-6H2,1-4H3/t14-/m1/s1. The van der Waals surface area contributed by atoms with Crippen LogP contribution in [0.15, 0.2) is 50.8 Å². The van der Waals surface area contributed by atoms with Gasteiger partial charge in [0.05, 0.1) is 23.7 Å². The number of hydrogen-bond donors (Lipinski definition) is 0. The number of nitrogens with zero attached hydrogens (tertiary/aromatic N) is 3. The van der Waals surface area contributed by atoms with Gasteiger partial charge in [0.15, 0.2) is 11.5 Å². The lowest BCUT2D eigenvalue weighted by atomic mass is 10.1. The van der Waals surface area contributed by atoms with E-state index in [1.807, 2.05) is 32.9 Å². The first-order chi connectivity index (χ1) is 14.8. The molecule has 7 nitrogen and oxygen atoms in total. The quantitative estimate of drug-likeness (QED) is 0.270. The molecule has 0 N–H and O–H groups in total. The van der Waals surface area contributed by atoms with Crippen LogP contribution >= 0.6 is 15.9 Å². The van der Waals surface area contributed by atoms with E-state index in [-0.39, 0.29) is 11.5 Å². The largest absolute Gasteiger partial charge is 0.490 e. The van der Waals surface area contributed by atoms with Crippen molar-refractivity contribution in [1.82, 2.24) is 9.66 Å². The molecule has 0 spiro atoms. The van der Waals surface area contributed by atoms with Crippen molar-refractivity contribution in [2.45, 2.75) is 40.0 Å². The first kappa shape index (κ1) is 22.7. The number of carbonyl (C=O) groups excluding carboxylic acids is 1. The number of ether oxygens (including phenoxy) is 2. The molecule has 0 aliphatic heterocycles. The summed E-state index contributed by atoms with van der Waals surface area (Å²) < 4.78 is 12.9. The van der Waals surface area contributed by atoms with Crippen LogP contribution in [-0.4, -0.2) is 28.5 Å². The van der Waals surface area contributed by atoms with Crippen LogP contribution in [0, 0.1) is 0 Å². The summed E-state index contributed by atoms with van der Waals surface area (Å²) in [6, 6.07) is 10.5. The SMILES string of the molecule is CCOc1cc(C=Nn2c([C@H](C)CC)nc3ccc(Br)cc3c2=O)ccc1OC(C)=O. The van der Waals surface area contributed by atoms with Crippen molar-refractivity contribution in [3.63, 3.8) is 0 Å². The van der Waals surface area contributed by atoms with Gasteiger partial charge in [-0.2, -0.15) is 9.78 Å². The summed E-state index contributed by atoms with van der Waals surface area (Å²) in [5.74, 6) is 0.974. The van der Waals surface area contributed by atoms with E-state index in [0.717, 1.165) is 10.9 Å². The maximum absolute atomic E-state index is 13.2. The molecular formula is C23H24BrN3O4. The van der Waals surface area contributed by atoms with E-state index in [9.17, 15) is 9.59 Å². The van der Waals surface area contributed by atoms with Gasteiger partial charge in [0.1, 0.15) is 5.82 Å².